The molecule has 0 bridgehead atoms. The standard InChI is InChI=1S/C12H15ClN2O2/c13-9-1-3-10(4-2-9)15-6-5-14-8-11(15)7-12(16)17/h1-4,11,14H,5-8H2,(H,16,17). The topological polar surface area (TPSA) is 52.6 Å². The van der Waals surface area contributed by atoms with E-state index in [2.05, 4.69) is 10.2 Å². The van der Waals surface area contributed by atoms with Gasteiger partial charge in [0.1, 0.15) is 0 Å². The minimum Gasteiger partial charge on any atom is -0.481 e. The molecule has 1 heterocycles. The summed E-state index contributed by atoms with van der Waals surface area (Å²) in [4.78, 5) is 12.9. The molecule has 1 aliphatic rings. The van der Waals surface area contributed by atoms with Crippen LogP contribution in [0.2, 0.25) is 5.02 Å². The van der Waals surface area contributed by atoms with Crippen LogP contribution in [0.3, 0.4) is 0 Å². The molecule has 0 saturated carbocycles. The van der Waals surface area contributed by atoms with Crippen molar-refractivity contribution in [1.29, 1.82) is 0 Å². The van der Waals surface area contributed by atoms with Crippen molar-refractivity contribution in [2.45, 2.75) is 12.5 Å². The van der Waals surface area contributed by atoms with Gasteiger partial charge >= 0.3 is 5.97 Å². The molecule has 92 valence electrons. The highest BCUT2D eigenvalue weighted by atomic mass is 35.5. The predicted molar refractivity (Wildman–Crippen MR) is 67.7 cm³/mol. The fourth-order valence-electron chi connectivity index (χ4n) is 2.12. The zero-order chi connectivity index (χ0) is 12.3. The number of carbonyl (C=O) groups is 1. The number of halogens is 1. The maximum absolute atomic E-state index is 10.8. The van der Waals surface area contributed by atoms with Crippen LogP contribution in [-0.4, -0.2) is 36.8 Å². The number of hydrogen-bond acceptors (Lipinski definition) is 3. The maximum atomic E-state index is 10.8. The molecule has 0 aliphatic carbocycles. The van der Waals surface area contributed by atoms with Crippen LogP contribution in [0.5, 0.6) is 0 Å². The van der Waals surface area contributed by atoms with Gasteiger partial charge in [-0.15, -0.1) is 0 Å². The second-order valence-corrected chi connectivity index (χ2v) is 4.56. The highest BCUT2D eigenvalue weighted by Gasteiger charge is 2.24. The van der Waals surface area contributed by atoms with E-state index in [4.69, 9.17) is 16.7 Å². The van der Waals surface area contributed by atoms with E-state index in [1.165, 1.54) is 0 Å². The van der Waals surface area contributed by atoms with E-state index >= 15 is 0 Å². The number of piperazine rings is 1. The van der Waals surface area contributed by atoms with Gasteiger partial charge in [0.2, 0.25) is 0 Å². The first kappa shape index (κ1) is 12.2. The molecule has 1 saturated heterocycles. The summed E-state index contributed by atoms with van der Waals surface area (Å²) in [5.41, 5.74) is 1.03. The maximum Gasteiger partial charge on any atom is 0.305 e. The van der Waals surface area contributed by atoms with E-state index in [0.29, 0.717) is 11.6 Å². The van der Waals surface area contributed by atoms with Crippen LogP contribution in [0.1, 0.15) is 6.42 Å². The lowest BCUT2D eigenvalue weighted by Crippen LogP contribution is -2.52. The second kappa shape index (κ2) is 5.38. The van der Waals surface area contributed by atoms with Crippen molar-refractivity contribution in [2.24, 2.45) is 0 Å². The molecule has 2 N–H and O–H groups in total. The molecule has 0 spiro atoms. The number of carboxylic acids is 1. The Hall–Kier alpha value is -1.26. The molecule has 1 atom stereocenters. The first-order chi connectivity index (χ1) is 8.16. The van der Waals surface area contributed by atoms with Crippen molar-refractivity contribution < 1.29 is 9.90 Å². The van der Waals surface area contributed by atoms with Crippen LogP contribution in [0, 0.1) is 0 Å². The van der Waals surface area contributed by atoms with E-state index in [0.717, 1.165) is 18.8 Å². The summed E-state index contributed by atoms with van der Waals surface area (Å²) in [7, 11) is 0. The summed E-state index contributed by atoms with van der Waals surface area (Å²) in [5.74, 6) is -0.766. The Bertz CT molecular complexity index is 394. The van der Waals surface area contributed by atoms with Crippen LogP contribution >= 0.6 is 11.6 Å². The van der Waals surface area contributed by atoms with E-state index in [1.807, 2.05) is 24.3 Å². The number of nitrogens with one attached hydrogen (secondary N) is 1. The molecule has 1 aromatic carbocycles. The summed E-state index contributed by atoms with van der Waals surface area (Å²) >= 11 is 5.85. The van der Waals surface area contributed by atoms with Gasteiger partial charge in [0.15, 0.2) is 0 Å². The molecule has 2 rings (SSSR count). The molecule has 1 fully saturated rings. The van der Waals surface area contributed by atoms with E-state index in [1.54, 1.807) is 0 Å². The number of carboxylic acid groups (broad SMARTS) is 1. The Morgan fingerprint density at radius 3 is 2.82 bits per heavy atom. The lowest BCUT2D eigenvalue weighted by atomic mass is 10.1. The van der Waals surface area contributed by atoms with Gasteiger partial charge in [-0.1, -0.05) is 11.6 Å². The van der Waals surface area contributed by atoms with Crippen molar-refractivity contribution in [1.82, 2.24) is 5.32 Å². The summed E-state index contributed by atoms with van der Waals surface area (Å²) in [6.07, 6.45) is 0.148. The molecule has 0 amide bonds. The molecule has 1 aliphatic heterocycles. The second-order valence-electron chi connectivity index (χ2n) is 4.13. The van der Waals surface area contributed by atoms with Gasteiger partial charge in [-0.25, -0.2) is 0 Å². The normalized spacial score (nSPS) is 20.3. The Morgan fingerprint density at radius 2 is 2.18 bits per heavy atom. The summed E-state index contributed by atoms with van der Waals surface area (Å²) in [6, 6.07) is 7.53. The lowest BCUT2D eigenvalue weighted by Gasteiger charge is -2.37. The number of aliphatic carboxylic acids is 1. The van der Waals surface area contributed by atoms with Crippen LogP contribution in [0.4, 0.5) is 5.69 Å². The molecule has 1 unspecified atom stereocenters. The largest absolute Gasteiger partial charge is 0.481 e. The number of rotatable bonds is 3. The molecule has 0 aromatic heterocycles. The fraction of sp³-hybridized carbons (Fsp3) is 0.417. The van der Waals surface area contributed by atoms with Crippen LogP contribution in [0.15, 0.2) is 24.3 Å². The van der Waals surface area contributed by atoms with Gasteiger partial charge in [0.05, 0.1) is 12.5 Å². The first-order valence-corrected chi connectivity index (χ1v) is 5.99. The molecule has 1 aromatic rings. The lowest BCUT2D eigenvalue weighted by molar-refractivity contribution is -0.137. The van der Waals surface area contributed by atoms with Gasteiger partial charge in [0.25, 0.3) is 0 Å². The zero-order valence-electron chi connectivity index (χ0n) is 9.40. The quantitative estimate of drug-likeness (QED) is 0.860. The molecule has 17 heavy (non-hydrogen) atoms. The van der Waals surface area contributed by atoms with Crippen molar-refractivity contribution in [3.63, 3.8) is 0 Å². The minimum atomic E-state index is -0.766. The highest BCUT2D eigenvalue weighted by molar-refractivity contribution is 6.30. The Morgan fingerprint density at radius 1 is 1.47 bits per heavy atom. The summed E-state index contributed by atoms with van der Waals surface area (Å²) in [6.45, 7) is 2.40. The van der Waals surface area contributed by atoms with Crippen LogP contribution in [0.25, 0.3) is 0 Å². The SMILES string of the molecule is O=C(O)CC1CNCCN1c1ccc(Cl)cc1. The summed E-state index contributed by atoms with van der Waals surface area (Å²) < 4.78 is 0. The van der Waals surface area contributed by atoms with E-state index in [-0.39, 0.29) is 12.5 Å². The first-order valence-electron chi connectivity index (χ1n) is 5.61. The molecule has 0 radical (unpaired) electrons. The van der Waals surface area contributed by atoms with Gasteiger partial charge in [0, 0.05) is 30.3 Å². The number of benzene rings is 1. The Balaban J connectivity index is 2.15. The monoisotopic (exact) mass is 254 g/mol. The van der Waals surface area contributed by atoms with Crippen molar-refractivity contribution in [3.8, 4) is 0 Å². The van der Waals surface area contributed by atoms with E-state index < -0.39 is 5.97 Å². The van der Waals surface area contributed by atoms with E-state index in [9.17, 15) is 4.79 Å². The van der Waals surface area contributed by atoms with Gasteiger partial charge < -0.3 is 15.3 Å². The third-order valence-corrected chi connectivity index (χ3v) is 3.17. The molecular weight excluding hydrogens is 240 g/mol. The summed E-state index contributed by atoms with van der Waals surface area (Å²) in [5, 5.41) is 12.8. The predicted octanol–water partition coefficient (Wildman–Crippen LogP) is 1.59. The fourth-order valence-corrected chi connectivity index (χ4v) is 2.24. The highest BCUT2D eigenvalue weighted by Crippen LogP contribution is 2.22. The molecular formula is C12H15ClN2O2. The average Bonchev–Trinajstić information content (AvgIpc) is 2.30. The smallest absolute Gasteiger partial charge is 0.305 e. The Labute approximate surface area is 105 Å². The van der Waals surface area contributed by atoms with Crippen molar-refractivity contribution in [2.75, 3.05) is 24.5 Å². The molecule has 4 nitrogen and oxygen atoms in total. The number of anilines is 1. The average molecular weight is 255 g/mol. The Kier molecular flexibility index (Phi) is 3.86. The third-order valence-electron chi connectivity index (χ3n) is 2.92. The zero-order valence-corrected chi connectivity index (χ0v) is 10.2. The van der Waals surface area contributed by atoms with Crippen molar-refractivity contribution in [3.05, 3.63) is 29.3 Å². The van der Waals surface area contributed by atoms with Crippen LogP contribution in [-0.2, 0) is 4.79 Å². The third kappa shape index (κ3) is 3.11. The minimum absolute atomic E-state index is 0.00225. The number of hydrogen-bond donors (Lipinski definition) is 2. The van der Waals surface area contributed by atoms with Crippen LogP contribution < -0.4 is 10.2 Å². The van der Waals surface area contributed by atoms with Gasteiger partial charge in [-0.05, 0) is 24.3 Å². The van der Waals surface area contributed by atoms with Crippen molar-refractivity contribution >= 4 is 23.3 Å². The van der Waals surface area contributed by atoms with Gasteiger partial charge in [-0.2, -0.15) is 0 Å². The van der Waals surface area contributed by atoms with Gasteiger partial charge in [-0.3, -0.25) is 4.79 Å². The number of nitrogens with zero attached hydrogens (tertiary/aromatic N) is 1. The molecule has 5 heteroatoms.